The SMILES string of the molecule is C[C@@](N)(CO)c1cc(F)c(N)c(F)c1. The standard InChI is InChI=1S/C9H12F2N2O/c1-9(13,4-14)5-2-6(10)8(12)7(11)3-5/h2-3,14H,4,12-13H2,1H3/t9-/m1/s1. The summed E-state index contributed by atoms with van der Waals surface area (Å²) in [6, 6.07) is 2.04. The van der Waals surface area contributed by atoms with E-state index >= 15 is 0 Å². The molecule has 0 aliphatic carbocycles. The summed E-state index contributed by atoms with van der Waals surface area (Å²) in [6.45, 7) is 1.06. The summed E-state index contributed by atoms with van der Waals surface area (Å²) in [5.41, 5.74) is 9.14. The number of rotatable bonds is 2. The molecule has 0 saturated carbocycles. The van der Waals surface area contributed by atoms with Gasteiger partial charge in [0.2, 0.25) is 0 Å². The van der Waals surface area contributed by atoms with Crippen molar-refractivity contribution in [3.8, 4) is 0 Å². The van der Waals surface area contributed by atoms with E-state index < -0.39 is 29.5 Å². The molecule has 1 atom stereocenters. The molecule has 1 rings (SSSR count). The zero-order chi connectivity index (χ0) is 10.9. The van der Waals surface area contributed by atoms with Gasteiger partial charge in [0.15, 0.2) is 0 Å². The van der Waals surface area contributed by atoms with E-state index in [-0.39, 0.29) is 5.56 Å². The van der Waals surface area contributed by atoms with Gasteiger partial charge in [-0.05, 0) is 24.6 Å². The predicted molar refractivity (Wildman–Crippen MR) is 49.4 cm³/mol. The fraction of sp³-hybridized carbons (Fsp3) is 0.333. The fourth-order valence-corrected chi connectivity index (χ4v) is 1.01. The third-order valence-corrected chi connectivity index (χ3v) is 2.07. The Bertz CT molecular complexity index is 330. The molecule has 14 heavy (non-hydrogen) atoms. The first kappa shape index (κ1) is 10.9. The van der Waals surface area contributed by atoms with Gasteiger partial charge in [0.25, 0.3) is 0 Å². The van der Waals surface area contributed by atoms with Crippen LogP contribution in [0.2, 0.25) is 0 Å². The number of hydrogen-bond acceptors (Lipinski definition) is 3. The van der Waals surface area contributed by atoms with Crippen molar-refractivity contribution in [1.29, 1.82) is 0 Å². The maximum atomic E-state index is 13.0. The van der Waals surface area contributed by atoms with Crippen LogP contribution in [0.4, 0.5) is 14.5 Å². The minimum absolute atomic E-state index is 0.171. The van der Waals surface area contributed by atoms with Crippen LogP contribution < -0.4 is 11.5 Å². The highest BCUT2D eigenvalue weighted by molar-refractivity contribution is 5.44. The lowest BCUT2D eigenvalue weighted by Crippen LogP contribution is -2.37. The average Bonchev–Trinajstić information content (AvgIpc) is 2.13. The second-order valence-electron chi connectivity index (χ2n) is 3.43. The van der Waals surface area contributed by atoms with Crippen LogP contribution in [0.25, 0.3) is 0 Å². The van der Waals surface area contributed by atoms with Gasteiger partial charge < -0.3 is 16.6 Å². The Morgan fingerprint density at radius 3 is 2.14 bits per heavy atom. The molecule has 0 radical (unpaired) electrons. The van der Waals surface area contributed by atoms with Gasteiger partial charge in [-0.2, -0.15) is 0 Å². The summed E-state index contributed by atoms with van der Waals surface area (Å²) in [6.07, 6.45) is 0. The first-order valence-electron chi connectivity index (χ1n) is 4.03. The topological polar surface area (TPSA) is 72.3 Å². The molecule has 0 aliphatic rings. The van der Waals surface area contributed by atoms with Crippen molar-refractivity contribution in [2.24, 2.45) is 5.73 Å². The van der Waals surface area contributed by atoms with Crippen molar-refractivity contribution >= 4 is 5.69 Å². The van der Waals surface area contributed by atoms with E-state index in [1.165, 1.54) is 6.92 Å². The first-order valence-corrected chi connectivity index (χ1v) is 4.03. The maximum absolute atomic E-state index is 13.0. The van der Waals surface area contributed by atoms with Crippen molar-refractivity contribution in [2.45, 2.75) is 12.5 Å². The number of aliphatic hydroxyl groups is 1. The van der Waals surface area contributed by atoms with E-state index in [1.54, 1.807) is 0 Å². The lowest BCUT2D eigenvalue weighted by molar-refractivity contribution is 0.209. The van der Waals surface area contributed by atoms with Crippen molar-refractivity contribution in [2.75, 3.05) is 12.3 Å². The fourth-order valence-electron chi connectivity index (χ4n) is 1.01. The van der Waals surface area contributed by atoms with Gasteiger partial charge in [-0.3, -0.25) is 0 Å². The van der Waals surface area contributed by atoms with Crippen LogP contribution in [0.15, 0.2) is 12.1 Å². The van der Waals surface area contributed by atoms with E-state index in [9.17, 15) is 8.78 Å². The van der Waals surface area contributed by atoms with Gasteiger partial charge in [0.05, 0.1) is 12.1 Å². The molecule has 0 amide bonds. The van der Waals surface area contributed by atoms with Gasteiger partial charge in [0, 0.05) is 0 Å². The zero-order valence-electron chi connectivity index (χ0n) is 7.72. The molecule has 0 unspecified atom stereocenters. The van der Waals surface area contributed by atoms with Crippen LogP contribution in [0.5, 0.6) is 0 Å². The third kappa shape index (κ3) is 1.83. The molecule has 1 aromatic rings. The molecule has 0 heterocycles. The quantitative estimate of drug-likeness (QED) is 0.618. The van der Waals surface area contributed by atoms with E-state index in [0.717, 1.165) is 12.1 Å². The van der Waals surface area contributed by atoms with Crippen LogP contribution in [-0.4, -0.2) is 11.7 Å². The number of halogens is 2. The Kier molecular flexibility index (Phi) is 2.73. The minimum atomic E-state index is -1.17. The summed E-state index contributed by atoms with van der Waals surface area (Å²) in [4.78, 5) is 0. The van der Waals surface area contributed by atoms with Gasteiger partial charge in [0.1, 0.15) is 17.3 Å². The number of nitrogen functional groups attached to an aromatic ring is 1. The summed E-state index contributed by atoms with van der Waals surface area (Å²) >= 11 is 0. The minimum Gasteiger partial charge on any atom is -0.394 e. The summed E-state index contributed by atoms with van der Waals surface area (Å²) in [5.74, 6) is -1.74. The molecule has 0 aliphatic heterocycles. The van der Waals surface area contributed by atoms with Gasteiger partial charge in [-0.15, -0.1) is 0 Å². The Balaban J connectivity index is 3.26. The highest BCUT2D eigenvalue weighted by atomic mass is 19.1. The number of hydrogen-bond donors (Lipinski definition) is 3. The molecule has 0 bridgehead atoms. The van der Waals surface area contributed by atoms with Crippen LogP contribution in [0, 0.1) is 11.6 Å². The summed E-state index contributed by atoms with van der Waals surface area (Å²) in [5, 5.41) is 8.90. The maximum Gasteiger partial charge on any atom is 0.149 e. The Hall–Kier alpha value is -1.20. The molecule has 0 spiro atoms. The van der Waals surface area contributed by atoms with Crippen LogP contribution in [0.3, 0.4) is 0 Å². The van der Waals surface area contributed by atoms with E-state index in [1.807, 2.05) is 0 Å². The van der Waals surface area contributed by atoms with E-state index in [0.29, 0.717) is 0 Å². The number of nitrogens with two attached hydrogens (primary N) is 2. The Morgan fingerprint density at radius 2 is 1.79 bits per heavy atom. The number of benzene rings is 1. The smallest absolute Gasteiger partial charge is 0.149 e. The van der Waals surface area contributed by atoms with Gasteiger partial charge in [-0.25, -0.2) is 8.78 Å². The van der Waals surface area contributed by atoms with Gasteiger partial charge >= 0.3 is 0 Å². The third-order valence-electron chi connectivity index (χ3n) is 2.07. The lowest BCUT2D eigenvalue weighted by atomic mass is 9.94. The largest absolute Gasteiger partial charge is 0.394 e. The molecule has 0 saturated heterocycles. The average molecular weight is 202 g/mol. The van der Waals surface area contributed by atoms with Gasteiger partial charge in [-0.1, -0.05) is 0 Å². The molecule has 0 aromatic heterocycles. The second kappa shape index (κ2) is 3.51. The molecular formula is C9H12F2N2O. The normalized spacial score (nSPS) is 15.2. The monoisotopic (exact) mass is 202 g/mol. The number of anilines is 1. The Labute approximate surface area is 80.3 Å². The molecule has 5 N–H and O–H groups in total. The highest BCUT2D eigenvalue weighted by Gasteiger charge is 2.22. The van der Waals surface area contributed by atoms with Crippen molar-refractivity contribution in [3.05, 3.63) is 29.3 Å². The molecule has 3 nitrogen and oxygen atoms in total. The van der Waals surface area contributed by atoms with Crippen LogP contribution >= 0.6 is 0 Å². The highest BCUT2D eigenvalue weighted by Crippen LogP contribution is 2.23. The summed E-state index contributed by atoms with van der Waals surface area (Å²) in [7, 11) is 0. The predicted octanol–water partition coefficient (Wildman–Crippen LogP) is 0.713. The van der Waals surface area contributed by atoms with E-state index in [2.05, 4.69) is 0 Å². The molecule has 0 fully saturated rings. The van der Waals surface area contributed by atoms with E-state index in [4.69, 9.17) is 16.6 Å². The molecule has 5 heteroatoms. The molecule has 78 valence electrons. The second-order valence-corrected chi connectivity index (χ2v) is 3.43. The van der Waals surface area contributed by atoms with Crippen molar-refractivity contribution < 1.29 is 13.9 Å². The first-order chi connectivity index (χ1) is 6.38. The zero-order valence-corrected chi connectivity index (χ0v) is 7.72. The van der Waals surface area contributed by atoms with Crippen molar-refractivity contribution in [1.82, 2.24) is 0 Å². The molecule has 1 aromatic carbocycles. The van der Waals surface area contributed by atoms with Crippen LogP contribution in [0.1, 0.15) is 12.5 Å². The molecular weight excluding hydrogens is 190 g/mol. The van der Waals surface area contributed by atoms with Crippen molar-refractivity contribution in [3.63, 3.8) is 0 Å². The Morgan fingerprint density at radius 1 is 1.36 bits per heavy atom. The summed E-state index contributed by atoms with van der Waals surface area (Å²) < 4.78 is 26.0. The lowest BCUT2D eigenvalue weighted by Gasteiger charge is -2.22. The van der Waals surface area contributed by atoms with Crippen LogP contribution in [-0.2, 0) is 5.54 Å². The number of aliphatic hydroxyl groups excluding tert-OH is 1.